The zero-order valence-electron chi connectivity index (χ0n) is 5.77. The molecule has 48 valence electrons. The molecule has 0 heterocycles. The predicted molar refractivity (Wildman–Crippen MR) is 36.4 cm³/mol. The lowest BCUT2D eigenvalue weighted by atomic mass is 10.6. The number of rotatable bonds is 0. The molecule has 0 aliphatic rings. The van der Waals surface area contributed by atoms with Gasteiger partial charge in [-0.3, -0.25) is 4.58 Å². The molecule has 0 atom stereocenters. The molecule has 0 radical (unpaired) electrons. The van der Waals surface area contributed by atoms with Gasteiger partial charge >= 0.3 is 0 Å². The number of hydrogen-bond acceptors (Lipinski definition) is 0. The highest BCUT2D eigenvalue weighted by atomic mass is 35.5. The number of nitrogens with zero attached hydrogens (tertiary/aromatic N) is 2. The molecule has 0 aliphatic carbocycles. The van der Waals surface area contributed by atoms with E-state index in [2.05, 4.69) is 0 Å². The maximum Gasteiger partial charge on any atom is 0.260 e. The predicted octanol–water partition coefficient (Wildman–Crippen LogP) is 0.762. The molecule has 0 aromatic heterocycles. The van der Waals surface area contributed by atoms with Crippen LogP contribution in [0.3, 0.4) is 0 Å². The first-order chi connectivity index (χ1) is 3.55. The molecule has 0 rings (SSSR count). The number of amidine groups is 1. The van der Waals surface area contributed by atoms with Crippen LogP contribution in [0.5, 0.6) is 0 Å². The normalized spacial score (nSPS) is 8.62. The maximum absolute atomic E-state index is 5.58. The van der Waals surface area contributed by atoms with Gasteiger partial charge in [0.15, 0.2) is 0 Å². The summed E-state index contributed by atoms with van der Waals surface area (Å²) in [5, 5.41) is 0. The van der Waals surface area contributed by atoms with Crippen LogP contribution in [-0.4, -0.2) is 36.0 Å². The zero-order chi connectivity index (χ0) is 6.73. The molecule has 2 nitrogen and oxygen atoms in total. The van der Waals surface area contributed by atoms with E-state index in [-0.39, 0.29) is 0 Å². The minimum atomic E-state index is 1.03. The van der Waals surface area contributed by atoms with E-state index in [1.807, 2.05) is 25.6 Å². The van der Waals surface area contributed by atoms with Crippen LogP contribution in [0, 0.1) is 0 Å². The van der Waals surface area contributed by atoms with E-state index in [0.29, 0.717) is 0 Å². The van der Waals surface area contributed by atoms with Crippen molar-refractivity contribution in [1.29, 1.82) is 0 Å². The lowest BCUT2D eigenvalue weighted by molar-refractivity contribution is -0.469. The van der Waals surface area contributed by atoms with Gasteiger partial charge in [0.2, 0.25) is 0 Å². The van der Waals surface area contributed by atoms with Crippen molar-refractivity contribution in [3.8, 4) is 0 Å². The van der Waals surface area contributed by atoms with E-state index in [4.69, 9.17) is 11.8 Å². The smallest absolute Gasteiger partial charge is 0.260 e. The molecule has 0 aromatic rings. The second-order valence-electron chi connectivity index (χ2n) is 1.92. The Bertz CT molecular complexity index is 103. The molecule has 0 aliphatic heterocycles. The molecular weight excluding hydrogens is 124 g/mol. The highest BCUT2D eigenvalue weighted by Crippen LogP contribution is 1.87. The topological polar surface area (TPSA) is 6.25 Å². The summed E-state index contributed by atoms with van der Waals surface area (Å²) in [6.07, 6.45) is 0. The van der Waals surface area contributed by atoms with Gasteiger partial charge in [-0.2, -0.15) is 4.42 Å². The Balaban J connectivity index is 4.00. The van der Waals surface area contributed by atoms with Crippen molar-refractivity contribution < 1.29 is 4.58 Å². The van der Waals surface area contributed by atoms with E-state index in [9.17, 15) is 0 Å². The molecule has 0 saturated heterocycles. The third-order valence-corrected chi connectivity index (χ3v) is 1.34. The van der Waals surface area contributed by atoms with E-state index >= 15 is 0 Å². The fourth-order valence-corrected chi connectivity index (χ4v) is 0.427. The van der Waals surface area contributed by atoms with Gasteiger partial charge in [0.1, 0.15) is 11.8 Å². The van der Waals surface area contributed by atoms with Crippen LogP contribution in [0.4, 0.5) is 0 Å². The second-order valence-corrected chi connectivity index (χ2v) is 2.43. The van der Waals surface area contributed by atoms with Crippen molar-refractivity contribution in [3.63, 3.8) is 0 Å². The van der Waals surface area contributed by atoms with Crippen molar-refractivity contribution >= 4 is 17.6 Å². The van der Waals surface area contributed by atoms with Crippen molar-refractivity contribution in [3.05, 3.63) is 0 Å². The van der Waals surface area contributed by atoms with Crippen molar-refractivity contribution in [1.82, 2.24) is 4.42 Å². The van der Waals surface area contributed by atoms with Crippen LogP contribution in [-0.2, 0) is 0 Å². The van der Waals surface area contributed by atoms with Gasteiger partial charge in [-0.15, -0.1) is 0 Å². The molecule has 0 bridgehead atoms. The average Bonchev–Trinajstić information content (AvgIpc) is 1.64. The molecule has 0 saturated carbocycles. The van der Waals surface area contributed by atoms with E-state index in [0.717, 1.165) is 5.84 Å². The summed E-state index contributed by atoms with van der Waals surface area (Å²) < 4.78 is 3.51. The van der Waals surface area contributed by atoms with Crippen LogP contribution in [0.15, 0.2) is 0 Å². The molecule has 0 fully saturated rings. The minimum absolute atomic E-state index is 1.03. The summed E-state index contributed by atoms with van der Waals surface area (Å²) in [5.74, 6) is 1.03. The molecule has 0 aromatic carbocycles. The third kappa shape index (κ3) is 2.17. The van der Waals surface area contributed by atoms with Gasteiger partial charge in [-0.05, 0) is 0 Å². The summed E-state index contributed by atoms with van der Waals surface area (Å²) in [6, 6.07) is 0. The summed E-state index contributed by atoms with van der Waals surface area (Å²) in [6.45, 7) is 1.95. The quantitative estimate of drug-likeness (QED) is 0.206. The minimum Gasteiger partial charge on any atom is -0.270 e. The SMILES string of the molecule is CC(N(C)Cl)=[N+](C)C. The molecule has 0 spiro atoms. The average molecular weight is 136 g/mol. The van der Waals surface area contributed by atoms with E-state index < -0.39 is 0 Å². The standard InChI is InChI=1S/C5H12ClN2/c1-5(7(2)3)8(4)6/h1-4H3/q+1. The van der Waals surface area contributed by atoms with Crippen LogP contribution < -0.4 is 0 Å². The highest BCUT2D eigenvalue weighted by Gasteiger charge is 2.03. The third-order valence-electron chi connectivity index (χ3n) is 1.09. The first-order valence-corrected chi connectivity index (χ1v) is 2.80. The van der Waals surface area contributed by atoms with Gasteiger partial charge in [0.25, 0.3) is 5.84 Å². The molecule has 0 unspecified atom stereocenters. The van der Waals surface area contributed by atoms with Crippen LogP contribution in [0.25, 0.3) is 0 Å². The summed E-state index contributed by atoms with van der Waals surface area (Å²) in [5.41, 5.74) is 0. The van der Waals surface area contributed by atoms with Crippen molar-refractivity contribution in [2.24, 2.45) is 0 Å². The number of hydrogen-bond donors (Lipinski definition) is 0. The lowest BCUT2D eigenvalue weighted by Crippen LogP contribution is -2.21. The van der Waals surface area contributed by atoms with Crippen LogP contribution in [0.2, 0.25) is 0 Å². The Morgan fingerprint density at radius 2 is 1.88 bits per heavy atom. The monoisotopic (exact) mass is 135 g/mol. The lowest BCUT2D eigenvalue weighted by Gasteiger charge is -2.00. The molecular formula is C5H12ClN2+. The number of halogens is 1. The van der Waals surface area contributed by atoms with Gasteiger partial charge < -0.3 is 0 Å². The van der Waals surface area contributed by atoms with E-state index in [1.165, 1.54) is 0 Å². The Labute approximate surface area is 55.5 Å². The summed E-state index contributed by atoms with van der Waals surface area (Å²) in [7, 11) is 5.71. The highest BCUT2D eigenvalue weighted by molar-refractivity contribution is 6.20. The zero-order valence-corrected chi connectivity index (χ0v) is 6.53. The largest absolute Gasteiger partial charge is 0.270 e. The van der Waals surface area contributed by atoms with Crippen molar-refractivity contribution in [2.45, 2.75) is 6.92 Å². The fraction of sp³-hybridized carbons (Fsp3) is 0.800. The molecule has 0 N–H and O–H groups in total. The fourth-order valence-electron chi connectivity index (χ4n) is 0.276. The van der Waals surface area contributed by atoms with Gasteiger partial charge in [-0.1, -0.05) is 0 Å². The van der Waals surface area contributed by atoms with Gasteiger partial charge in [0, 0.05) is 6.92 Å². The summed E-state index contributed by atoms with van der Waals surface area (Å²) >= 11 is 5.58. The Kier molecular flexibility index (Phi) is 2.84. The second kappa shape index (κ2) is 2.92. The Morgan fingerprint density at radius 1 is 1.50 bits per heavy atom. The Morgan fingerprint density at radius 3 is 1.88 bits per heavy atom. The molecule has 8 heavy (non-hydrogen) atoms. The molecule has 0 amide bonds. The van der Waals surface area contributed by atoms with E-state index in [1.54, 1.807) is 11.5 Å². The maximum atomic E-state index is 5.58. The van der Waals surface area contributed by atoms with Crippen molar-refractivity contribution in [2.75, 3.05) is 21.1 Å². The Hall–Kier alpha value is -0.240. The van der Waals surface area contributed by atoms with Crippen LogP contribution >= 0.6 is 11.8 Å². The first-order valence-electron chi connectivity index (χ1n) is 2.46. The van der Waals surface area contributed by atoms with Gasteiger partial charge in [0.05, 0.1) is 21.1 Å². The van der Waals surface area contributed by atoms with Crippen LogP contribution in [0.1, 0.15) is 6.92 Å². The summed E-state index contributed by atoms with van der Waals surface area (Å²) in [4.78, 5) is 0. The molecule has 3 heteroatoms. The first kappa shape index (κ1) is 7.76. The van der Waals surface area contributed by atoms with Gasteiger partial charge in [-0.25, -0.2) is 0 Å².